The number of aromatic nitrogens is 3. The highest BCUT2D eigenvalue weighted by Gasteiger charge is 2.59. The van der Waals surface area contributed by atoms with Crippen LogP contribution in [-0.4, -0.2) is 27.1 Å². The van der Waals surface area contributed by atoms with Gasteiger partial charge in [-0.3, -0.25) is 0 Å². The van der Waals surface area contributed by atoms with E-state index in [4.69, 9.17) is 11.6 Å². The van der Waals surface area contributed by atoms with Crippen LogP contribution in [0.4, 0.5) is 13.2 Å². The van der Waals surface area contributed by atoms with Gasteiger partial charge in [-0.2, -0.15) is 18.3 Å². The number of carbonyl (C=O) groups is 1. The molecule has 0 saturated carbocycles. The second-order valence-electron chi connectivity index (χ2n) is 5.08. The summed E-state index contributed by atoms with van der Waals surface area (Å²) in [6.07, 6.45) is -3.01. The number of carbonyl (C=O) groups excluding carboxylic acids is 1. The van der Waals surface area contributed by atoms with E-state index in [-0.39, 0.29) is 28.5 Å². The van der Waals surface area contributed by atoms with Gasteiger partial charge in [0.1, 0.15) is 11.7 Å². The fraction of sp³-hybridized carbons (Fsp3) is 0.417. The Morgan fingerprint density at radius 3 is 2.85 bits per heavy atom. The van der Waals surface area contributed by atoms with Crippen molar-refractivity contribution < 1.29 is 18.0 Å². The molecule has 0 spiro atoms. The van der Waals surface area contributed by atoms with E-state index in [2.05, 4.69) is 10.1 Å². The number of rotatable bonds is 1. The van der Waals surface area contributed by atoms with Crippen molar-refractivity contribution in [3.63, 3.8) is 0 Å². The minimum atomic E-state index is -4.49. The van der Waals surface area contributed by atoms with Gasteiger partial charge in [0.15, 0.2) is 10.8 Å². The van der Waals surface area contributed by atoms with Crippen LogP contribution in [0.2, 0.25) is 5.15 Å². The van der Waals surface area contributed by atoms with Crippen molar-refractivity contribution in [3.8, 4) is 0 Å². The largest absolute Gasteiger partial charge is 0.399 e. The third-order valence-electron chi connectivity index (χ3n) is 3.82. The van der Waals surface area contributed by atoms with Crippen molar-refractivity contribution in [2.75, 3.05) is 0 Å². The van der Waals surface area contributed by atoms with Crippen LogP contribution in [-0.2, 0) is 10.2 Å². The Bertz CT molecular complexity index is 712. The van der Waals surface area contributed by atoms with Crippen LogP contribution in [0.5, 0.6) is 0 Å². The molecule has 0 aromatic carbocycles. The third-order valence-corrected chi connectivity index (χ3v) is 4.01. The lowest BCUT2D eigenvalue weighted by Gasteiger charge is -2.28. The van der Waals surface area contributed by atoms with Gasteiger partial charge in [0, 0.05) is 23.7 Å². The second kappa shape index (κ2) is 3.94. The van der Waals surface area contributed by atoms with Crippen molar-refractivity contribution in [2.45, 2.75) is 30.9 Å². The van der Waals surface area contributed by atoms with E-state index < -0.39 is 17.5 Å². The first kappa shape index (κ1) is 13.4. The van der Waals surface area contributed by atoms with E-state index in [9.17, 15) is 18.0 Å². The summed E-state index contributed by atoms with van der Waals surface area (Å²) in [7, 11) is 0. The van der Waals surface area contributed by atoms with Crippen LogP contribution in [0.1, 0.15) is 30.5 Å². The number of hydrogen-bond acceptors (Lipinski definition) is 3. The van der Waals surface area contributed by atoms with Gasteiger partial charge < -0.3 is 4.79 Å². The molecule has 0 amide bonds. The zero-order valence-electron chi connectivity index (χ0n) is 10.3. The summed E-state index contributed by atoms with van der Waals surface area (Å²) in [5, 5.41) is 3.93. The summed E-state index contributed by atoms with van der Waals surface area (Å²) in [4.78, 5) is 15.1. The molecule has 2 unspecified atom stereocenters. The van der Waals surface area contributed by atoms with Gasteiger partial charge in [0.05, 0.1) is 5.69 Å². The van der Waals surface area contributed by atoms with E-state index in [0.717, 1.165) is 11.4 Å². The number of alkyl halides is 3. The molecule has 2 heterocycles. The highest BCUT2D eigenvalue weighted by molar-refractivity contribution is 6.29. The number of fused-ring (bicyclic) bond motifs is 3. The molecule has 4 nitrogen and oxygen atoms in total. The van der Waals surface area contributed by atoms with Crippen LogP contribution in [0.3, 0.4) is 0 Å². The first-order valence-corrected chi connectivity index (χ1v) is 6.22. The molecule has 1 aliphatic rings. The SMILES string of the molecule is CC1(C(F)(F)F)CC(C=O)c2cnc3cc(Cl)nn3c21. The summed E-state index contributed by atoms with van der Waals surface area (Å²) >= 11 is 5.74. The quantitative estimate of drug-likeness (QED) is 0.761. The van der Waals surface area contributed by atoms with Crippen LogP contribution < -0.4 is 0 Å². The molecule has 0 N–H and O–H groups in total. The van der Waals surface area contributed by atoms with Gasteiger partial charge in [0.2, 0.25) is 0 Å². The van der Waals surface area contributed by atoms with E-state index in [1.807, 2.05) is 0 Å². The van der Waals surface area contributed by atoms with Crippen molar-refractivity contribution in [1.29, 1.82) is 0 Å². The zero-order valence-corrected chi connectivity index (χ0v) is 11.0. The molecular formula is C12H9ClF3N3O. The fourth-order valence-electron chi connectivity index (χ4n) is 2.76. The van der Waals surface area contributed by atoms with Crippen molar-refractivity contribution >= 4 is 23.5 Å². The Hall–Kier alpha value is -1.63. The molecule has 2 atom stereocenters. The molecule has 0 bridgehead atoms. The maximum atomic E-state index is 13.5. The molecule has 106 valence electrons. The van der Waals surface area contributed by atoms with Gasteiger partial charge in [-0.25, -0.2) is 9.50 Å². The monoisotopic (exact) mass is 303 g/mol. The predicted octanol–water partition coefficient (Wildman–Crippen LogP) is 2.89. The molecule has 2 aromatic rings. The topological polar surface area (TPSA) is 47.3 Å². The van der Waals surface area contributed by atoms with Crippen molar-refractivity contribution in [2.24, 2.45) is 0 Å². The summed E-state index contributed by atoms with van der Waals surface area (Å²) < 4.78 is 41.5. The molecule has 0 fully saturated rings. The first-order valence-electron chi connectivity index (χ1n) is 5.84. The minimum absolute atomic E-state index is 0.0565. The number of halogens is 4. The van der Waals surface area contributed by atoms with Crippen LogP contribution in [0.25, 0.3) is 5.65 Å². The molecule has 0 aliphatic heterocycles. The Morgan fingerprint density at radius 2 is 2.25 bits per heavy atom. The lowest BCUT2D eigenvalue weighted by molar-refractivity contribution is -0.187. The molecule has 0 radical (unpaired) electrons. The summed E-state index contributed by atoms with van der Waals surface area (Å²) in [5.74, 6) is -0.837. The fourth-order valence-corrected chi connectivity index (χ4v) is 2.93. The third kappa shape index (κ3) is 1.59. The lowest BCUT2D eigenvalue weighted by atomic mass is 9.85. The van der Waals surface area contributed by atoms with Gasteiger partial charge in [-0.05, 0) is 13.3 Å². The molecule has 3 rings (SSSR count). The van der Waals surface area contributed by atoms with Gasteiger partial charge in [-0.15, -0.1) is 0 Å². The standard InChI is InChI=1S/C12H9ClF3N3O/c1-11(12(14,15)16)3-6(5-20)7-4-17-9-2-8(13)18-19(9)10(7)11/h2,4-6H,3H2,1H3. The van der Waals surface area contributed by atoms with E-state index in [1.54, 1.807) is 0 Å². The van der Waals surface area contributed by atoms with E-state index in [1.165, 1.54) is 12.3 Å². The Kier molecular flexibility index (Phi) is 2.63. The van der Waals surface area contributed by atoms with Crippen molar-refractivity contribution in [1.82, 2.24) is 14.6 Å². The second-order valence-corrected chi connectivity index (χ2v) is 5.46. The highest BCUT2D eigenvalue weighted by Crippen LogP contribution is 2.53. The molecule has 8 heteroatoms. The minimum Gasteiger partial charge on any atom is -0.303 e. The molecule has 2 aromatic heterocycles. The van der Waals surface area contributed by atoms with E-state index >= 15 is 0 Å². The Labute approximate surface area is 116 Å². The van der Waals surface area contributed by atoms with E-state index in [0.29, 0.717) is 6.29 Å². The summed E-state index contributed by atoms with van der Waals surface area (Å²) in [6.45, 7) is 1.07. The zero-order chi connectivity index (χ0) is 14.7. The Balaban J connectivity index is 2.38. The number of hydrogen-bond donors (Lipinski definition) is 0. The number of aldehydes is 1. The molecule has 1 aliphatic carbocycles. The van der Waals surface area contributed by atoms with Gasteiger partial charge >= 0.3 is 6.18 Å². The van der Waals surface area contributed by atoms with Crippen LogP contribution in [0, 0.1) is 0 Å². The average Bonchev–Trinajstić information content (AvgIpc) is 2.86. The maximum Gasteiger partial charge on any atom is 0.399 e. The predicted molar refractivity (Wildman–Crippen MR) is 64.8 cm³/mol. The van der Waals surface area contributed by atoms with Gasteiger partial charge in [0.25, 0.3) is 0 Å². The smallest absolute Gasteiger partial charge is 0.303 e. The highest BCUT2D eigenvalue weighted by atomic mass is 35.5. The summed E-state index contributed by atoms with van der Waals surface area (Å²) in [5.41, 5.74) is -1.72. The lowest BCUT2D eigenvalue weighted by Crippen LogP contribution is -2.39. The molecular weight excluding hydrogens is 295 g/mol. The summed E-state index contributed by atoms with van der Waals surface area (Å²) in [6, 6.07) is 1.38. The normalized spacial score (nSPS) is 25.9. The van der Waals surface area contributed by atoms with Crippen LogP contribution in [0.15, 0.2) is 12.3 Å². The first-order chi connectivity index (χ1) is 9.28. The maximum absolute atomic E-state index is 13.5. The van der Waals surface area contributed by atoms with Gasteiger partial charge in [-0.1, -0.05) is 11.6 Å². The van der Waals surface area contributed by atoms with Crippen molar-refractivity contribution in [3.05, 3.63) is 28.7 Å². The number of nitrogens with zero attached hydrogens (tertiary/aromatic N) is 3. The molecule has 20 heavy (non-hydrogen) atoms. The Morgan fingerprint density at radius 1 is 1.55 bits per heavy atom. The average molecular weight is 304 g/mol. The van der Waals surface area contributed by atoms with Crippen LogP contribution >= 0.6 is 11.6 Å². The molecule has 0 saturated heterocycles.